The molecule has 23 heavy (non-hydrogen) atoms. The zero-order chi connectivity index (χ0) is 16.2. The van der Waals surface area contributed by atoms with Crippen LogP contribution in [0.4, 0.5) is 5.95 Å². The number of nitrogens with two attached hydrogens (primary N) is 1. The number of rotatable bonds is 5. The number of aryl methyl sites for hydroxylation is 1. The summed E-state index contributed by atoms with van der Waals surface area (Å²) in [5, 5.41) is 0.584. The maximum absolute atomic E-state index is 12.6. The first-order chi connectivity index (χ1) is 11.2. The van der Waals surface area contributed by atoms with Crippen molar-refractivity contribution in [2.45, 2.75) is 13.0 Å². The number of hydrazine groups is 1. The quantitative estimate of drug-likeness (QED) is 0.556. The van der Waals surface area contributed by atoms with Gasteiger partial charge < -0.3 is 4.74 Å². The van der Waals surface area contributed by atoms with Gasteiger partial charge in [-0.05, 0) is 36.2 Å². The van der Waals surface area contributed by atoms with Crippen LogP contribution in [0.1, 0.15) is 5.56 Å². The van der Waals surface area contributed by atoms with Crippen LogP contribution in [-0.4, -0.2) is 16.7 Å². The SMILES string of the molecule is COc1ccc(CCn2c(NN)nc3ccccc3c2=O)cc1. The van der Waals surface area contributed by atoms with Crippen molar-refractivity contribution in [3.05, 3.63) is 64.4 Å². The van der Waals surface area contributed by atoms with E-state index in [4.69, 9.17) is 10.6 Å². The summed E-state index contributed by atoms with van der Waals surface area (Å²) in [4.78, 5) is 17.0. The Hall–Kier alpha value is -2.86. The number of nitrogens with zero attached hydrogens (tertiary/aromatic N) is 2. The van der Waals surface area contributed by atoms with Gasteiger partial charge in [0.1, 0.15) is 5.75 Å². The molecule has 0 amide bonds. The van der Waals surface area contributed by atoms with Gasteiger partial charge in [-0.25, -0.2) is 10.8 Å². The molecule has 0 saturated heterocycles. The molecule has 0 aliphatic heterocycles. The summed E-state index contributed by atoms with van der Waals surface area (Å²) in [6, 6.07) is 15.0. The number of ether oxygens (including phenoxy) is 1. The predicted molar refractivity (Wildman–Crippen MR) is 90.5 cm³/mol. The molecule has 0 unspecified atom stereocenters. The number of hydrogen-bond acceptors (Lipinski definition) is 5. The van der Waals surface area contributed by atoms with Crippen LogP contribution in [0.3, 0.4) is 0 Å². The van der Waals surface area contributed by atoms with E-state index in [1.165, 1.54) is 0 Å². The molecule has 3 rings (SSSR count). The lowest BCUT2D eigenvalue weighted by Crippen LogP contribution is -2.28. The van der Waals surface area contributed by atoms with E-state index in [-0.39, 0.29) is 5.56 Å². The van der Waals surface area contributed by atoms with Crippen molar-refractivity contribution in [1.82, 2.24) is 9.55 Å². The molecule has 118 valence electrons. The van der Waals surface area contributed by atoms with Crippen LogP contribution in [0.5, 0.6) is 5.75 Å². The van der Waals surface area contributed by atoms with E-state index in [9.17, 15) is 4.79 Å². The van der Waals surface area contributed by atoms with Gasteiger partial charge in [0.15, 0.2) is 0 Å². The minimum atomic E-state index is -0.0999. The summed E-state index contributed by atoms with van der Waals surface area (Å²) >= 11 is 0. The number of para-hydroxylation sites is 1. The van der Waals surface area contributed by atoms with Gasteiger partial charge in [0.25, 0.3) is 5.56 Å². The van der Waals surface area contributed by atoms with Gasteiger partial charge in [-0.15, -0.1) is 0 Å². The monoisotopic (exact) mass is 310 g/mol. The number of benzene rings is 2. The van der Waals surface area contributed by atoms with Gasteiger partial charge in [0.05, 0.1) is 18.0 Å². The van der Waals surface area contributed by atoms with Crippen molar-refractivity contribution in [2.24, 2.45) is 5.84 Å². The number of anilines is 1. The normalized spacial score (nSPS) is 10.7. The fraction of sp³-hybridized carbons (Fsp3) is 0.176. The maximum atomic E-state index is 12.6. The molecule has 6 nitrogen and oxygen atoms in total. The molecule has 3 N–H and O–H groups in total. The van der Waals surface area contributed by atoms with Crippen molar-refractivity contribution in [3.63, 3.8) is 0 Å². The fourth-order valence-corrected chi connectivity index (χ4v) is 2.52. The minimum absolute atomic E-state index is 0.0999. The van der Waals surface area contributed by atoms with Crippen molar-refractivity contribution in [3.8, 4) is 5.75 Å². The second-order valence-corrected chi connectivity index (χ2v) is 5.15. The van der Waals surface area contributed by atoms with Gasteiger partial charge in [-0.3, -0.25) is 14.8 Å². The molecule has 6 heteroatoms. The van der Waals surface area contributed by atoms with E-state index in [0.29, 0.717) is 29.8 Å². The number of nitrogen functional groups attached to an aromatic ring is 1. The molecule has 0 spiro atoms. The number of methoxy groups -OCH3 is 1. The third kappa shape index (κ3) is 3.02. The van der Waals surface area contributed by atoms with Crippen LogP contribution >= 0.6 is 0 Å². The average Bonchev–Trinajstić information content (AvgIpc) is 2.61. The summed E-state index contributed by atoms with van der Waals surface area (Å²) in [7, 11) is 1.63. The fourth-order valence-electron chi connectivity index (χ4n) is 2.52. The Morgan fingerprint density at radius 1 is 1.17 bits per heavy atom. The molecular weight excluding hydrogens is 292 g/mol. The van der Waals surface area contributed by atoms with Gasteiger partial charge in [0, 0.05) is 6.54 Å². The lowest BCUT2D eigenvalue weighted by Gasteiger charge is -2.12. The average molecular weight is 310 g/mol. The van der Waals surface area contributed by atoms with E-state index < -0.39 is 0 Å². The molecule has 0 fully saturated rings. The molecule has 0 atom stereocenters. The molecule has 0 aliphatic rings. The summed E-state index contributed by atoms with van der Waals surface area (Å²) in [6.07, 6.45) is 0.693. The number of aromatic nitrogens is 2. The maximum Gasteiger partial charge on any atom is 0.262 e. The van der Waals surface area contributed by atoms with Crippen LogP contribution in [0.2, 0.25) is 0 Å². The third-order valence-corrected chi connectivity index (χ3v) is 3.77. The Balaban J connectivity index is 1.92. The topological polar surface area (TPSA) is 82.2 Å². The van der Waals surface area contributed by atoms with E-state index in [0.717, 1.165) is 11.3 Å². The van der Waals surface area contributed by atoms with Crippen molar-refractivity contribution < 1.29 is 4.74 Å². The third-order valence-electron chi connectivity index (χ3n) is 3.77. The summed E-state index contributed by atoms with van der Waals surface area (Å²) in [6.45, 7) is 0.489. The molecular formula is C17H18N4O2. The van der Waals surface area contributed by atoms with E-state index in [1.807, 2.05) is 36.4 Å². The molecule has 0 saturated carbocycles. The van der Waals surface area contributed by atoms with Crippen molar-refractivity contribution >= 4 is 16.9 Å². The van der Waals surface area contributed by atoms with Gasteiger partial charge >= 0.3 is 0 Å². The highest BCUT2D eigenvalue weighted by Gasteiger charge is 2.09. The molecule has 2 aromatic carbocycles. The first-order valence-corrected chi connectivity index (χ1v) is 7.32. The summed E-state index contributed by atoms with van der Waals surface area (Å²) < 4.78 is 6.71. The largest absolute Gasteiger partial charge is 0.497 e. The van der Waals surface area contributed by atoms with Gasteiger partial charge in [0.2, 0.25) is 5.95 Å². The predicted octanol–water partition coefficient (Wildman–Crippen LogP) is 1.93. The number of fused-ring (bicyclic) bond motifs is 1. The molecule has 0 aliphatic carbocycles. The van der Waals surface area contributed by atoms with Crippen LogP contribution < -0.4 is 21.6 Å². The Bertz CT molecular complexity index is 872. The zero-order valence-corrected chi connectivity index (χ0v) is 12.8. The van der Waals surface area contributed by atoms with Gasteiger partial charge in [-0.1, -0.05) is 24.3 Å². The van der Waals surface area contributed by atoms with E-state index in [1.54, 1.807) is 23.8 Å². The lowest BCUT2D eigenvalue weighted by atomic mass is 10.1. The number of nitrogens with one attached hydrogen (secondary N) is 1. The highest BCUT2D eigenvalue weighted by Crippen LogP contribution is 2.14. The molecule has 0 radical (unpaired) electrons. The molecule has 0 bridgehead atoms. The first kappa shape index (κ1) is 15.1. The highest BCUT2D eigenvalue weighted by molar-refractivity contribution is 5.78. The van der Waals surface area contributed by atoms with Crippen LogP contribution in [-0.2, 0) is 13.0 Å². The highest BCUT2D eigenvalue weighted by atomic mass is 16.5. The van der Waals surface area contributed by atoms with Crippen molar-refractivity contribution in [2.75, 3.05) is 12.5 Å². The summed E-state index contributed by atoms with van der Waals surface area (Å²) in [5.74, 6) is 6.70. The summed E-state index contributed by atoms with van der Waals surface area (Å²) in [5.41, 5.74) is 4.15. The smallest absolute Gasteiger partial charge is 0.262 e. The van der Waals surface area contributed by atoms with Crippen molar-refractivity contribution in [1.29, 1.82) is 0 Å². The van der Waals surface area contributed by atoms with Crippen LogP contribution in [0.15, 0.2) is 53.3 Å². The Morgan fingerprint density at radius 2 is 1.91 bits per heavy atom. The molecule has 1 heterocycles. The standard InChI is InChI=1S/C17H18N4O2/c1-23-13-8-6-12(7-9-13)10-11-21-16(22)14-4-2-3-5-15(14)19-17(21)20-18/h2-9H,10-11,18H2,1H3,(H,19,20). The second kappa shape index (κ2) is 6.50. The molecule has 3 aromatic rings. The Morgan fingerprint density at radius 3 is 2.61 bits per heavy atom. The van der Waals surface area contributed by atoms with E-state index in [2.05, 4.69) is 10.4 Å². The second-order valence-electron chi connectivity index (χ2n) is 5.15. The van der Waals surface area contributed by atoms with E-state index >= 15 is 0 Å². The zero-order valence-electron chi connectivity index (χ0n) is 12.8. The van der Waals surface area contributed by atoms with Crippen LogP contribution in [0, 0.1) is 0 Å². The van der Waals surface area contributed by atoms with Gasteiger partial charge in [-0.2, -0.15) is 0 Å². The minimum Gasteiger partial charge on any atom is -0.497 e. The number of hydrogen-bond donors (Lipinski definition) is 2. The first-order valence-electron chi connectivity index (χ1n) is 7.32. The molecule has 1 aromatic heterocycles. The lowest BCUT2D eigenvalue weighted by molar-refractivity contribution is 0.414. The van der Waals surface area contributed by atoms with Crippen LogP contribution in [0.25, 0.3) is 10.9 Å². The Labute approximate surface area is 133 Å². The Kier molecular flexibility index (Phi) is 4.25.